The molecule has 0 spiro atoms. The Balaban J connectivity index is 1.55. The molecule has 3 rings (SSSR count). The molecule has 130 valence electrons. The SMILES string of the molecule is NC1(C(=O)Nc2ccc(NC(=O)Nc3ccccc3)cc2)CCCC1. The largest absolute Gasteiger partial charge is 0.324 e. The minimum absolute atomic E-state index is 0.146. The van der Waals surface area contributed by atoms with Gasteiger partial charge in [0.1, 0.15) is 0 Å². The number of carbonyl (C=O) groups is 2. The molecule has 0 bridgehead atoms. The summed E-state index contributed by atoms with van der Waals surface area (Å²) in [6, 6.07) is 15.8. The molecule has 0 saturated heterocycles. The molecule has 2 aromatic carbocycles. The van der Waals surface area contributed by atoms with Gasteiger partial charge < -0.3 is 21.7 Å². The molecule has 0 aliphatic heterocycles. The van der Waals surface area contributed by atoms with Gasteiger partial charge in [-0.25, -0.2) is 4.79 Å². The highest BCUT2D eigenvalue weighted by molar-refractivity contribution is 6.00. The molecule has 3 amide bonds. The molecule has 1 saturated carbocycles. The Morgan fingerprint density at radius 1 is 0.760 bits per heavy atom. The Morgan fingerprint density at radius 2 is 1.24 bits per heavy atom. The molecule has 0 aromatic heterocycles. The minimum Gasteiger partial charge on any atom is -0.324 e. The number of carbonyl (C=O) groups excluding carboxylic acids is 2. The number of nitrogens with two attached hydrogens (primary N) is 1. The lowest BCUT2D eigenvalue weighted by Gasteiger charge is -2.22. The topological polar surface area (TPSA) is 96.2 Å². The van der Waals surface area contributed by atoms with Gasteiger partial charge in [-0.3, -0.25) is 4.79 Å². The van der Waals surface area contributed by atoms with E-state index in [0.717, 1.165) is 25.7 Å². The second-order valence-corrected chi connectivity index (χ2v) is 6.34. The van der Waals surface area contributed by atoms with Gasteiger partial charge in [-0.05, 0) is 49.2 Å². The Morgan fingerprint density at radius 3 is 1.80 bits per heavy atom. The van der Waals surface area contributed by atoms with Crippen LogP contribution in [-0.2, 0) is 4.79 Å². The Kier molecular flexibility index (Phi) is 5.00. The second kappa shape index (κ2) is 7.36. The minimum atomic E-state index is -0.757. The summed E-state index contributed by atoms with van der Waals surface area (Å²) in [4.78, 5) is 24.2. The molecule has 0 unspecified atom stereocenters. The first-order valence-corrected chi connectivity index (χ1v) is 8.39. The summed E-state index contributed by atoms with van der Waals surface area (Å²) in [5.74, 6) is -0.146. The molecule has 25 heavy (non-hydrogen) atoms. The Bertz CT molecular complexity index is 738. The highest BCUT2D eigenvalue weighted by Crippen LogP contribution is 2.28. The first-order chi connectivity index (χ1) is 12.0. The van der Waals surface area contributed by atoms with Crippen LogP contribution in [-0.4, -0.2) is 17.5 Å². The van der Waals surface area contributed by atoms with Crippen LogP contribution in [0.5, 0.6) is 0 Å². The zero-order chi connectivity index (χ0) is 17.7. The number of hydrogen-bond donors (Lipinski definition) is 4. The lowest BCUT2D eigenvalue weighted by molar-refractivity contribution is -0.121. The summed E-state index contributed by atoms with van der Waals surface area (Å²) in [6.45, 7) is 0. The summed E-state index contributed by atoms with van der Waals surface area (Å²) < 4.78 is 0. The molecule has 6 nitrogen and oxygen atoms in total. The molecule has 1 fully saturated rings. The van der Waals surface area contributed by atoms with Gasteiger partial charge in [0.05, 0.1) is 5.54 Å². The van der Waals surface area contributed by atoms with E-state index in [0.29, 0.717) is 17.1 Å². The van der Waals surface area contributed by atoms with Crippen molar-refractivity contribution >= 4 is 29.0 Å². The number of benzene rings is 2. The van der Waals surface area contributed by atoms with Crippen LogP contribution in [0.3, 0.4) is 0 Å². The zero-order valence-corrected chi connectivity index (χ0v) is 13.9. The second-order valence-electron chi connectivity index (χ2n) is 6.34. The molecule has 0 radical (unpaired) electrons. The summed E-state index contributed by atoms with van der Waals surface area (Å²) in [5, 5.41) is 8.34. The summed E-state index contributed by atoms with van der Waals surface area (Å²) in [5.41, 5.74) is 7.40. The fraction of sp³-hybridized carbons (Fsp3) is 0.263. The Hall–Kier alpha value is -2.86. The maximum absolute atomic E-state index is 12.3. The van der Waals surface area contributed by atoms with Gasteiger partial charge in [0.2, 0.25) is 5.91 Å². The van der Waals surface area contributed by atoms with E-state index >= 15 is 0 Å². The van der Waals surface area contributed by atoms with Crippen LogP contribution in [0.4, 0.5) is 21.9 Å². The standard InChI is InChI=1S/C19H22N4O2/c20-19(12-4-5-13-19)17(24)21-15-8-10-16(11-9-15)23-18(25)22-14-6-2-1-3-7-14/h1-3,6-11H,4-5,12-13,20H2,(H,21,24)(H2,22,23,25). The molecule has 5 N–H and O–H groups in total. The van der Waals surface area contributed by atoms with Gasteiger partial charge in [-0.15, -0.1) is 0 Å². The fourth-order valence-corrected chi connectivity index (χ4v) is 2.94. The van der Waals surface area contributed by atoms with Crippen molar-refractivity contribution in [2.45, 2.75) is 31.2 Å². The van der Waals surface area contributed by atoms with Crippen molar-refractivity contribution < 1.29 is 9.59 Å². The predicted octanol–water partition coefficient (Wildman–Crippen LogP) is 3.54. The first kappa shape index (κ1) is 17.0. The van der Waals surface area contributed by atoms with Gasteiger partial charge in [0, 0.05) is 17.1 Å². The van der Waals surface area contributed by atoms with Crippen molar-refractivity contribution in [3.63, 3.8) is 0 Å². The van der Waals surface area contributed by atoms with E-state index in [1.807, 2.05) is 30.3 Å². The highest BCUT2D eigenvalue weighted by atomic mass is 16.2. The van der Waals surface area contributed by atoms with Crippen LogP contribution in [0.15, 0.2) is 54.6 Å². The third-order valence-corrected chi connectivity index (χ3v) is 4.38. The molecule has 6 heteroatoms. The number of urea groups is 1. The maximum atomic E-state index is 12.3. The van der Waals surface area contributed by atoms with Crippen LogP contribution in [0, 0.1) is 0 Å². The molecule has 1 aliphatic carbocycles. The van der Waals surface area contributed by atoms with Gasteiger partial charge >= 0.3 is 6.03 Å². The van der Waals surface area contributed by atoms with Gasteiger partial charge in [-0.2, -0.15) is 0 Å². The Labute approximate surface area is 146 Å². The van der Waals surface area contributed by atoms with Crippen LogP contribution in [0.25, 0.3) is 0 Å². The lowest BCUT2D eigenvalue weighted by atomic mass is 9.98. The van der Waals surface area contributed by atoms with Crippen molar-refractivity contribution in [3.05, 3.63) is 54.6 Å². The number of nitrogens with one attached hydrogen (secondary N) is 3. The summed E-state index contributed by atoms with van der Waals surface area (Å²) in [6.07, 6.45) is 3.42. The zero-order valence-electron chi connectivity index (χ0n) is 13.9. The van der Waals surface area contributed by atoms with Gasteiger partial charge in [0.25, 0.3) is 0 Å². The van der Waals surface area contributed by atoms with Crippen molar-refractivity contribution in [1.82, 2.24) is 0 Å². The molecular weight excluding hydrogens is 316 g/mol. The summed E-state index contributed by atoms with van der Waals surface area (Å²) >= 11 is 0. The average Bonchev–Trinajstić information content (AvgIpc) is 3.05. The maximum Gasteiger partial charge on any atom is 0.323 e. The van der Waals surface area contributed by atoms with E-state index in [1.165, 1.54) is 0 Å². The first-order valence-electron chi connectivity index (χ1n) is 8.39. The van der Waals surface area contributed by atoms with Gasteiger partial charge in [-0.1, -0.05) is 31.0 Å². The van der Waals surface area contributed by atoms with E-state index in [9.17, 15) is 9.59 Å². The molecule has 0 heterocycles. The predicted molar refractivity (Wildman–Crippen MR) is 99.5 cm³/mol. The van der Waals surface area contributed by atoms with Crippen LogP contribution < -0.4 is 21.7 Å². The number of rotatable bonds is 4. The van der Waals surface area contributed by atoms with Gasteiger partial charge in [0.15, 0.2) is 0 Å². The number of para-hydroxylation sites is 1. The highest BCUT2D eigenvalue weighted by Gasteiger charge is 2.36. The van der Waals surface area contributed by atoms with E-state index < -0.39 is 5.54 Å². The molecular formula is C19H22N4O2. The third-order valence-electron chi connectivity index (χ3n) is 4.38. The van der Waals surface area contributed by atoms with Crippen molar-refractivity contribution in [1.29, 1.82) is 0 Å². The van der Waals surface area contributed by atoms with E-state index in [4.69, 9.17) is 5.73 Å². The average molecular weight is 338 g/mol. The third kappa shape index (κ3) is 4.36. The molecule has 1 aliphatic rings. The quantitative estimate of drug-likeness (QED) is 0.686. The summed E-state index contributed by atoms with van der Waals surface area (Å²) in [7, 11) is 0. The fourth-order valence-electron chi connectivity index (χ4n) is 2.94. The lowest BCUT2D eigenvalue weighted by Crippen LogP contribution is -2.48. The normalized spacial score (nSPS) is 15.4. The van der Waals surface area contributed by atoms with Crippen molar-refractivity contribution in [2.24, 2.45) is 5.73 Å². The van der Waals surface area contributed by atoms with Crippen LogP contribution >= 0.6 is 0 Å². The number of anilines is 3. The van der Waals surface area contributed by atoms with E-state index in [-0.39, 0.29) is 11.9 Å². The van der Waals surface area contributed by atoms with E-state index in [2.05, 4.69) is 16.0 Å². The van der Waals surface area contributed by atoms with Crippen LogP contribution in [0.2, 0.25) is 0 Å². The van der Waals surface area contributed by atoms with E-state index in [1.54, 1.807) is 24.3 Å². The van der Waals surface area contributed by atoms with Crippen molar-refractivity contribution in [2.75, 3.05) is 16.0 Å². The number of amides is 3. The monoisotopic (exact) mass is 338 g/mol. The van der Waals surface area contributed by atoms with Crippen molar-refractivity contribution in [3.8, 4) is 0 Å². The molecule has 0 atom stereocenters. The smallest absolute Gasteiger partial charge is 0.323 e. The van der Waals surface area contributed by atoms with Crippen LogP contribution in [0.1, 0.15) is 25.7 Å². The number of hydrogen-bond acceptors (Lipinski definition) is 3. The molecule has 2 aromatic rings.